The first kappa shape index (κ1) is 12.8. The Morgan fingerprint density at radius 2 is 2.17 bits per heavy atom. The van der Waals surface area contributed by atoms with Gasteiger partial charge in [-0.15, -0.1) is 0 Å². The molecule has 2 N–H and O–H groups in total. The van der Waals surface area contributed by atoms with Gasteiger partial charge in [0.25, 0.3) is 10.0 Å². The van der Waals surface area contributed by atoms with Crippen LogP contribution in [0, 0.1) is 0 Å². The summed E-state index contributed by atoms with van der Waals surface area (Å²) in [7, 11) is -1.89. The quantitative estimate of drug-likeness (QED) is 0.836. The molecule has 0 aliphatic carbocycles. The lowest BCUT2D eigenvalue weighted by Crippen LogP contribution is -2.12. The van der Waals surface area contributed by atoms with Crippen LogP contribution in [0.4, 0.5) is 0 Å². The Balaban J connectivity index is 2.24. The van der Waals surface area contributed by atoms with Gasteiger partial charge >= 0.3 is 0 Å². The third kappa shape index (κ3) is 2.59. The van der Waals surface area contributed by atoms with Crippen LogP contribution in [0.5, 0.6) is 0 Å². The molecule has 0 saturated carbocycles. The maximum atomic E-state index is 11.1. The second kappa shape index (κ2) is 4.54. The summed E-state index contributed by atoms with van der Waals surface area (Å²) in [5.74, 6) is 0. The van der Waals surface area contributed by atoms with Gasteiger partial charge in [0, 0.05) is 13.2 Å². The van der Waals surface area contributed by atoms with Gasteiger partial charge in [0.05, 0.1) is 24.3 Å². The fraction of sp³-hybridized carbons (Fsp3) is 0.400. The van der Waals surface area contributed by atoms with Crippen LogP contribution in [0.1, 0.15) is 18.3 Å². The van der Waals surface area contributed by atoms with Gasteiger partial charge in [0.2, 0.25) is 0 Å². The highest BCUT2D eigenvalue weighted by Gasteiger charge is 2.12. The van der Waals surface area contributed by atoms with Crippen LogP contribution >= 0.6 is 0 Å². The molecule has 8 heteroatoms. The number of sulfonamides is 1. The van der Waals surface area contributed by atoms with Crippen LogP contribution in [0.3, 0.4) is 0 Å². The minimum absolute atomic E-state index is 0.125. The highest BCUT2D eigenvalue weighted by molar-refractivity contribution is 7.89. The molecule has 0 aliphatic heterocycles. The molecule has 2 aromatic heterocycles. The van der Waals surface area contributed by atoms with E-state index in [4.69, 9.17) is 5.14 Å². The number of aromatic nitrogens is 4. The van der Waals surface area contributed by atoms with E-state index in [0.717, 1.165) is 17.8 Å². The maximum absolute atomic E-state index is 11.1. The fourth-order valence-corrected chi connectivity index (χ4v) is 2.13. The number of imidazole rings is 1. The number of nitrogens with two attached hydrogens (primary N) is 1. The van der Waals surface area contributed by atoms with E-state index in [1.807, 2.05) is 20.0 Å². The Labute approximate surface area is 105 Å². The van der Waals surface area contributed by atoms with Crippen molar-refractivity contribution in [2.45, 2.75) is 24.9 Å². The highest BCUT2D eigenvalue weighted by Crippen LogP contribution is 2.08. The van der Waals surface area contributed by atoms with Crippen molar-refractivity contribution in [1.29, 1.82) is 0 Å². The van der Waals surface area contributed by atoms with Crippen molar-refractivity contribution in [1.82, 2.24) is 19.3 Å². The number of nitrogens with zero attached hydrogens (tertiary/aromatic N) is 4. The van der Waals surface area contributed by atoms with Crippen LogP contribution in [0.15, 0.2) is 23.6 Å². The number of rotatable bonds is 4. The first-order valence-corrected chi connectivity index (χ1v) is 7.01. The Bertz CT molecular complexity index is 656. The topological polar surface area (TPSA) is 95.8 Å². The molecule has 0 radical (unpaired) electrons. The van der Waals surface area contributed by atoms with E-state index in [1.54, 1.807) is 9.25 Å². The van der Waals surface area contributed by atoms with Gasteiger partial charge in [0.15, 0.2) is 5.03 Å². The molecule has 0 bridgehead atoms. The molecule has 0 unspecified atom stereocenters. The van der Waals surface area contributed by atoms with E-state index < -0.39 is 10.0 Å². The fourth-order valence-electron chi connectivity index (χ4n) is 1.65. The summed E-state index contributed by atoms with van der Waals surface area (Å²) in [6, 6.07) is 1.98. The van der Waals surface area contributed by atoms with Gasteiger partial charge in [-0.3, -0.25) is 4.68 Å². The summed E-state index contributed by atoms with van der Waals surface area (Å²) in [5.41, 5.74) is 1.98. The molecule has 0 fully saturated rings. The summed E-state index contributed by atoms with van der Waals surface area (Å²) in [6.45, 7) is 2.54. The molecule has 0 aromatic carbocycles. The molecule has 0 spiro atoms. The van der Waals surface area contributed by atoms with Crippen LogP contribution in [0.2, 0.25) is 0 Å². The van der Waals surface area contributed by atoms with Gasteiger partial charge in [-0.25, -0.2) is 18.5 Å². The van der Waals surface area contributed by atoms with E-state index in [2.05, 4.69) is 10.1 Å². The predicted octanol–water partition coefficient (Wildman–Crippen LogP) is -0.125. The van der Waals surface area contributed by atoms with E-state index in [1.165, 1.54) is 12.5 Å². The van der Waals surface area contributed by atoms with Crippen molar-refractivity contribution in [3.63, 3.8) is 0 Å². The van der Waals surface area contributed by atoms with Gasteiger partial charge in [0.1, 0.15) is 0 Å². The second-order valence-corrected chi connectivity index (χ2v) is 5.54. The summed E-state index contributed by atoms with van der Waals surface area (Å²) < 4.78 is 25.6. The average molecular weight is 269 g/mol. The monoisotopic (exact) mass is 269 g/mol. The molecule has 2 aromatic rings. The lowest BCUT2D eigenvalue weighted by Gasteiger charge is -2.01. The molecular formula is C10H15N5O2S. The average Bonchev–Trinajstić information content (AvgIpc) is 2.86. The van der Waals surface area contributed by atoms with Crippen LogP contribution in [0.25, 0.3) is 0 Å². The number of hydrogen-bond donors (Lipinski definition) is 1. The number of primary sulfonamides is 1. The van der Waals surface area contributed by atoms with Crippen molar-refractivity contribution in [2.75, 3.05) is 0 Å². The van der Waals surface area contributed by atoms with Gasteiger partial charge in [-0.05, 0) is 12.5 Å². The largest absolute Gasteiger partial charge is 0.330 e. The van der Waals surface area contributed by atoms with E-state index in [-0.39, 0.29) is 5.03 Å². The zero-order chi connectivity index (χ0) is 13.3. The second-order valence-electron chi connectivity index (χ2n) is 4.03. The summed E-state index contributed by atoms with van der Waals surface area (Å²) in [6.07, 6.45) is 3.71. The maximum Gasteiger partial charge on any atom is 0.257 e. The minimum Gasteiger partial charge on any atom is -0.330 e. The third-order valence-electron chi connectivity index (χ3n) is 2.64. The molecule has 0 atom stereocenters. The first-order valence-electron chi connectivity index (χ1n) is 5.46. The van der Waals surface area contributed by atoms with E-state index in [0.29, 0.717) is 6.54 Å². The molecule has 0 amide bonds. The molecule has 0 saturated heterocycles. The smallest absolute Gasteiger partial charge is 0.257 e. The van der Waals surface area contributed by atoms with Crippen molar-refractivity contribution < 1.29 is 8.42 Å². The Kier molecular flexibility index (Phi) is 3.22. The third-order valence-corrected chi connectivity index (χ3v) is 3.43. The number of hydrogen-bond acceptors (Lipinski definition) is 4. The van der Waals surface area contributed by atoms with Crippen molar-refractivity contribution in [2.24, 2.45) is 12.2 Å². The Morgan fingerprint density at radius 3 is 2.67 bits per heavy atom. The Morgan fingerprint density at radius 1 is 1.44 bits per heavy atom. The van der Waals surface area contributed by atoms with Crippen LogP contribution in [-0.4, -0.2) is 27.7 Å². The molecule has 0 aliphatic rings. The van der Waals surface area contributed by atoms with Crippen LogP contribution < -0.4 is 5.14 Å². The lowest BCUT2D eigenvalue weighted by molar-refractivity contribution is 0.594. The van der Waals surface area contributed by atoms with E-state index >= 15 is 0 Å². The molecule has 98 valence electrons. The van der Waals surface area contributed by atoms with Gasteiger partial charge in [-0.2, -0.15) is 5.10 Å². The summed E-state index contributed by atoms with van der Waals surface area (Å²) in [4.78, 5) is 3.76. The molecule has 2 rings (SSSR count). The van der Waals surface area contributed by atoms with Crippen molar-refractivity contribution in [3.8, 4) is 0 Å². The summed E-state index contributed by atoms with van der Waals surface area (Å²) in [5, 5.41) is 9.19. The lowest BCUT2D eigenvalue weighted by atomic mass is 10.3. The highest BCUT2D eigenvalue weighted by atomic mass is 32.2. The first-order chi connectivity index (χ1) is 8.40. The van der Waals surface area contributed by atoms with E-state index in [9.17, 15) is 8.42 Å². The molecular weight excluding hydrogens is 254 g/mol. The standard InChI is InChI=1S/C10H15N5O2S/c1-3-8-4-9(14(2)13-8)5-15-6-10(12-7-15)18(11,16)17/h4,6-7H,3,5H2,1-2H3,(H2,11,16,17). The van der Waals surface area contributed by atoms with Crippen molar-refractivity contribution >= 4 is 10.0 Å². The molecule has 7 nitrogen and oxygen atoms in total. The molecule has 18 heavy (non-hydrogen) atoms. The predicted molar refractivity (Wildman–Crippen MR) is 65.3 cm³/mol. The van der Waals surface area contributed by atoms with Gasteiger partial charge in [-0.1, -0.05) is 6.92 Å². The van der Waals surface area contributed by atoms with Gasteiger partial charge < -0.3 is 4.57 Å². The normalized spacial score (nSPS) is 11.9. The Hall–Kier alpha value is -1.67. The zero-order valence-electron chi connectivity index (χ0n) is 10.2. The van der Waals surface area contributed by atoms with Crippen molar-refractivity contribution in [3.05, 3.63) is 30.0 Å². The summed E-state index contributed by atoms with van der Waals surface area (Å²) >= 11 is 0. The minimum atomic E-state index is -3.74. The zero-order valence-corrected chi connectivity index (χ0v) is 11.1. The number of aryl methyl sites for hydroxylation is 2. The molecule has 2 heterocycles. The SMILES string of the molecule is CCc1cc(Cn2cnc(S(N)(=O)=O)c2)n(C)n1. The van der Waals surface area contributed by atoms with Crippen LogP contribution in [-0.2, 0) is 30.0 Å².